The van der Waals surface area contributed by atoms with Gasteiger partial charge < -0.3 is 0 Å². The zero-order chi connectivity index (χ0) is 25.1. The van der Waals surface area contributed by atoms with Crippen molar-refractivity contribution in [1.82, 2.24) is 20.6 Å². The number of halogens is 1. The van der Waals surface area contributed by atoms with Crippen molar-refractivity contribution in [2.24, 2.45) is 0 Å². The molecule has 0 bridgehead atoms. The molecule has 0 spiro atoms. The van der Waals surface area contributed by atoms with Gasteiger partial charge in [0.25, 0.3) is 11.8 Å². The van der Waals surface area contributed by atoms with Crippen LogP contribution in [0.25, 0.3) is 28.2 Å². The SMILES string of the molecule is Cc1csc(C(=O)NNC(=O)c2ccc(-n3nc(-c4ccccc4)cc3-c3ccccc3)cc2)c1Cl. The van der Waals surface area contributed by atoms with Gasteiger partial charge in [-0.05, 0) is 48.2 Å². The van der Waals surface area contributed by atoms with Gasteiger partial charge in [0.1, 0.15) is 4.88 Å². The number of nitrogens with one attached hydrogen (secondary N) is 2. The van der Waals surface area contributed by atoms with Crippen LogP contribution < -0.4 is 10.9 Å². The lowest BCUT2D eigenvalue weighted by molar-refractivity contribution is 0.0849. The Hall–Kier alpha value is -4.20. The molecule has 178 valence electrons. The van der Waals surface area contributed by atoms with Crippen molar-refractivity contribution >= 4 is 34.8 Å². The molecule has 8 heteroatoms. The smallest absolute Gasteiger partial charge is 0.267 e. The maximum Gasteiger partial charge on any atom is 0.281 e. The van der Waals surface area contributed by atoms with Gasteiger partial charge in [-0.3, -0.25) is 20.4 Å². The lowest BCUT2D eigenvalue weighted by atomic mass is 10.1. The average Bonchev–Trinajstić information content (AvgIpc) is 3.52. The normalized spacial score (nSPS) is 10.7. The van der Waals surface area contributed by atoms with E-state index < -0.39 is 11.8 Å². The first-order chi connectivity index (χ1) is 17.5. The molecule has 0 aliphatic rings. The second-order valence-electron chi connectivity index (χ2n) is 8.08. The fraction of sp³-hybridized carbons (Fsp3) is 0.0357. The predicted octanol–water partition coefficient (Wildman–Crippen LogP) is 6.30. The quantitative estimate of drug-likeness (QED) is 0.271. The Labute approximate surface area is 217 Å². The molecule has 36 heavy (non-hydrogen) atoms. The number of aryl methyl sites for hydroxylation is 1. The van der Waals surface area contributed by atoms with Crippen LogP contribution in [0.1, 0.15) is 25.6 Å². The first kappa shape index (κ1) is 23.5. The third kappa shape index (κ3) is 4.79. The van der Waals surface area contributed by atoms with E-state index in [1.807, 2.05) is 84.4 Å². The fourth-order valence-electron chi connectivity index (χ4n) is 3.72. The van der Waals surface area contributed by atoms with Gasteiger partial charge in [0, 0.05) is 16.7 Å². The number of aromatic nitrogens is 2. The molecule has 0 aliphatic heterocycles. The number of rotatable bonds is 5. The summed E-state index contributed by atoms with van der Waals surface area (Å²) in [6.07, 6.45) is 0. The van der Waals surface area contributed by atoms with Gasteiger partial charge >= 0.3 is 0 Å². The van der Waals surface area contributed by atoms with Crippen molar-refractivity contribution in [3.05, 3.63) is 117 Å². The van der Waals surface area contributed by atoms with Crippen LogP contribution in [0, 0.1) is 6.92 Å². The van der Waals surface area contributed by atoms with E-state index in [1.165, 1.54) is 11.3 Å². The van der Waals surface area contributed by atoms with Crippen LogP contribution in [0.15, 0.2) is 96.4 Å². The van der Waals surface area contributed by atoms with Crippen LogP contribution >= 0.6 is 22.9 Å². The number of hydrogen-bond donors (Lipinski definition) is 2. The van der Waals surface area contributed by atoms with Crippen LogP contribution in [0.3, 0.4) is 0 Å². The number of hydrogen-bond acceptors (Lipinski definition) is 4. The van der Waals surface area contributed by atoms with Crippen LogP contribution in [0.2, 0.25) is 5.02 Å². The number of benzene rings is 3. The molecular formula is C28H21ClN4O2S. The summed E-state index contributed by atoms with van der Waals surface area (Å²) in [6, 6.07) is 29.1. The molecule has 2 amide bonds. The van der Waals surface area contributed by atoms with Gasteiger partial charge in [0.05, 0.1) is 22.1 Å². The summed E-state index contributed by atoms with van der Waals surface area (Å²) in [7, 11) is 0. The van der Waals surface area contributed by atoms with Gasteiger partial charge in [0.2, 0.25) is 0 Å². The minimum atomic E-state index is -0.458. The molecular weight excluding hydrogens is 492 g/mol. The minimum absolute atomic E-state index is 0.353. The number of hydrazine groups is 1. The highest BCUT2D eigenvalue weighted by molar-refractivity contribution is 7.13. The number of carbonyl (C=O) groups is 2. The highest BCUT2D eigenvalue weighted by atomic mass is 35.5. The Morgan fingerprint density at radius 3 is 2.06 bits per heavy atom. The lowest BCUT2D eigenvalue weighted by Gasteiger charge is -2.10. The number of amides is 2. The molecule has 2 heterocycles. The second-order valence-corrected chi connectivity index (χ2v) is 9.33. The minimum Gasteiger partial charge on any atom is -0.267 e. The van der Waals surface area contributed by atoms with Crippen LogP contribution in [-0.2, 0) is 0 Å². The Kier molecular flexibility index (Phi) is 6.66. The van der Waals surface area contributed by atoms with E-state index >= 15 is 0 Å². The summed E-state index contributed by atoms with van der Waals surface area (Å²) in [5, 5.41) is 7.03. The summed E-state index contributed by atoms with van der Waals surface area (Å²) in [6.45, 7) is 1.82. The van der Waals surface area contributed by atoms with E-state index in [4.69, 9.17) is 16.7 Å². The van der Waals surface area contributed by atoms with E-state index in [-0.39, 0.29) is 0 Å². The van der Waals surface area contributed by atoms with E-state index in [1.54, 1.807) is 17.5 Å². The lowest BCUT2D eigenvalue weighted by Crippen LogP contribution is -2.41. The molecule has 0 aliphatic carbocycles. The molecule has 0 saturated carbocycles. The van der Waals surface area contributed by atoms with Crippen LogP contribution in [0.4, 0.5) is 0 Å². The third-order valence-corrected chi connectivity index (χ3v) is 7.31. The summed E-state index contributed by atoms with van der Waals surface area (Å²) >= 11 is 7.36. The largest absolute Gasteiger partial charge is 0.281 e. The summed E-state index contributed by atoms with van der Waals surface area (Å²) < 4.78 is 1.86. The van der Waals surface area contributed by atoms with Crippen molar-refractivity contribution in [1.29, 1.82) is 0 Å². The van der Waals surface area contributed by atoms with Crippen molar-refractivity contribution in [2.75, 3.05) is 0 Å². The maximum atomic E-state index is 12.6. The van der Waals surface area contributed by atoms with Gasteiger partial charge in [-0.2, -0.15) is 5.10 Å². The van der Waals surface area contributed by atoms with Gasteiger partial charge in [-0.25, -0.2) is 4.68 Å². The van der Waals surface area contributed by atoms with Crippen molar-refractivity contribution in [3.63, 3.8) is 0 Å². The topological polar surface area (TPSA) is 76.0 Å². The molecule has 2 aromatic heterocycles. The zero-order valence-corrected chi connectivity index (χ0v) is 20.8. The van der Waals surface area contributed by atoms with Crippen molar-refractivity contribution in [2.45, 2.75) is 6.92 Å². The van der Waals surface area contributed by atoms with Gasteiger partial charge in [-0.15, -0.1) is 11.3 Å². The third-order valence-electron chi connectivity index (χ3n) is 5.62. The first-order valence-corrected chi connectivity index (χ1v) is 12.4. The molecule has 0 atom stereocenters. The molecule has 0 fully saturated rings. The Balaban J connectivity index is 1.38. The highest BCUT2D eigenvalue weighted by Gasteiger charge is 2.17. The van der Waals surface area contributed by atoms with E-state index in [9.17, 15) is 9.59 Å². The summed E-state index contributed by atoms with van der Waals surface area (Å²) in [5.41, 5.74) is 10.7. The molecule has 2 N–H and O–H groups in total. The summed E-state index contributed by atoms with van der Waals surface area (Å²) in [4.78, 5) is 25.3. The molecule has 0 radical (unpaired) electrons. The van der Waals surface area contributed by atoms with Crippen LogP contribution in [-0.4, -0.2) is 21.6 Å². The Morgan fingerprint density at radius 2 is 1.44 bits per heavy atom. The standard InChI is InChI=1S/C28H21ClN4O2S/c1-18-17-36-26(25(18)29)28(35)31-30-27(34)21-12-14-22(15-13-21)33-24(20-10-6-3-7-11-20)16-23(32-33)19-8-4-2-5-9-19/h2-17H,1H3,(H,30,34)(H,31,35). The average molecular weight is 513 g/mol. The molecule has 5 rings (SSSR count). The molecule has 0 unspecified atom stereocenters. The molecule has 5 aromatic rings. The Bertz CT molecular complexity index is 1530. The van der Waals surface area contributed by atoms with Crippen molar-refractivity contribution in [3.8, 4) is 28.2 Å². The Morgan fingerprint density at radius 1 is 0.833 bits per heavy atom. The van der Waals surface area contributed by atoms with Gasteiger partial charge in [-0.1, -0.05) is 72.3 Å². The highest BCUT2D eigenvalue weighted by Crippen LogP contribution is 2.29. The molecule has 0 saturated heterocycles. The van der Waals surface area contributed by atoms with Crippen molar-refractivity contribution < 1.29 is 9.59 Å². The monoisotopic (exact) mass is 512 g/mol. The number of carbonyl (C=O) groups excluding carboxylic acids is 2. The van der Waals surface area contributed by atoms with E-state index in [2.05, 4.69) is 16.9 Å². The predicted molar refractivity (Wildman–Crippen MR) is 143 cm³/mol. The second kappa shape index (κ2) is 10.2. The summed E-state index contributed by atoms with van der Waals surface area (Å²) in [5.74, 6) is -0.895. The number of thiophene rings is 1. The molecule has 6 nitrogen and oxygen atoms in total. The first-order valence-electron chi connectivity index (χ1n) is 11.2. The maximum absolute atomic E-state index is 12.6. The van der Waals surface area contributed by atoms with E-state index in [0.717, 1.165) is 33.8 Å². The fourth-order valence-corrected chi connectivity index (χ4v) is 4.90. The molecule has 3 aromatic carbocycles. The van der Waals surface area contributed by atoms with Crippen LogP contribution in [0.5, 0.6) is 0 Å². The van der Waals surface area contributed by atoms with E-state index in [0.29, 0.717) is 15.5 Å². The number of nitrogens with zero attached hydrogens (tertiary/aromatic N) is 2. The van der Waals surface area contributed by atoms with Gasteiger partial charge in [0.15, 0.2) is 0 Å². The zero-order valence-electron chi connectivity index (χ0n) is 19.2.